The molecule has 0 saturated heterocycles. The number of benzene rings is 1. The third-order valence-electron chi connectivity index (χ3n) is 3.88. The molecule has 3 aromatic heterocycles. The summed E-state index contributed by atoms with van der Waals surface area (Å²) in [6, 6.07) is 8.86. The van der Waals surface area contributed by atoms with Crippen LogP contribution in [0, 0.1) is 0 Å². The molecule has 1 aromatic carbocycles. The maximum atomic E-state index is 12.3. The number of fused-ring (bicyclic) bond motifs is 1. The van der Waals surface area contributed by atoms with E-state index in [2.05, 4.69) is 35.1 Å². The minimum absolute atomic E-state index is 0.258. The SMILES string of the molecule is CC=Nc1ccc(-c2nccn3nc(Nc4ccc(OC(F)(F)F)cc4)nc23)cn1. The molecule has 0 radical (unpaired) electrons. The number of nitrogens with zero attached hydrogens (tertiary/aromatic N) is 6. The molecule has 0 unspecified atom stereocenters. The smallest absolute Gasteiger partial charge is 0.406 e. The molecule has 0 fully saturated rings. The first-order chi connectivity index (χ1) is 14.4. The number of anilines is 2. The Morgan fingerprint density at radius 3 is 2.57 bits per heavy atom. The lowest BCUT2D eigenvalue weighted by Gasteiger charge is -2.09. The fourth-order valence-corrected chi connectivity index (χ4v) is 2.68. The van der Waals surface area contributed by atoms with Crippen molar-refractivity contribution in [3.63, 3.8) is 0 Å². The van der Waals surface area contributed by atoms with Gasteiger partial charge >= 0.3 is 6.36 Å². The van der Waals surface area contributed by atoms with Gasteiger partial charge in [0.25, 0.3) is 0 Å². The maximum absolute atomic E-state index is 12.3. The van der Waals surface area contributed by atoms with Gasteiger partial charge in [-0.1, -0.05) is 0 Å². The van der Waals surface area contributed by atoms with Crippen LogP contribution in [-0.4, -0.2) is 37.1 Å². The lowest BCUT2D eigenvalue weighted by Crippen LogP contribution is -2.16. The van der Waals surface area contributed by atoms with Gasteiger partial charge in [0.2, 0.25) is 5.95 Å². The van der Waals surface area contributed by atoms with Gasteiger partial charge in [-0.2, -0.15) is 4.98 Å². The van der Waals surface area contributed by atoms with Crippen LogP contribution in [0.25, 0.3) is 16.9 Å². The summed E-state index contributed by atoms with van der Waals surface area (Å²) < 4.78 is 42.2. The van der Waals surface area contributed by atoms with Gasteiger partial charge in [-0.3, -0.25) is 4.98 Å². The van der Waals surface area contributed by atoms with Gasteiger partial charge in [-0.05, 0) is 43.3 Å². The minimum atomic E-state index is -4.74. The standard InChI is InChI=1S/C19H14F3N7O/c1-2-23-15-8-3-12(11-25-15)16-17-27-18(28-29(17)10-9-24-16)26-13-4-6-14(7-5-13)30-19(20,21)22/h2-11H,1H3,(H,26,28). The second-order valence-electron chi connectivity index (χ2n) is 5.97. The highest BCUT2D eigenvalue weighted by molar-refractivity contribution is 5.74. The van der Waals surface area contributed by atoms with E-state index in [1.165, 1.54) is 24.3 Å². The fraction of sp³-hybridized carbons (Fsp3) is 0.105. The van der Waals surface area contributed by atoms with Crippen LogP contribution >= 0.6 is 0 Å². The van der Waals surface area contributed by atoms with Crippen molar-refractivity contribution in [2.24, 2.45) is 4.99 Å². The van der Waals surface area contributed by atoms with Crippen LogP contribution in [0.5, 0.6) is 5.75 Å². The van der Waals surface area contributed by atoms with Crippen LogP contribution < -0.4 is 10.1 Å². The number of rotatable bonds is 5. The van der Waals surface area contributed by atoms with E-state index in [9.17, 15) is 13.2 Å². The lowest BCUT2D eigenvalue weighted by molar-refractivity contribution is -0.274. The van der Waals surface area contributed by atoms with Gasteiger partial charge in [-0.15, -0.1) is 18.3 Å². The van der Waals surface area contributed by atoms with Gasteiger partial charge in [0, 0.05) is 36.1 Å². The predicted octanol–water partition coefficient (Wildman–Crippen LogP) is 4.55. The number of nitrogens with one attached hydrogen (secondary N) is 1. The van der Waals surface area contributed by atoms with Gasteiger partial charge in [-0.25, -0.2) is 14.5 Å². The summed E-state index contributed by atoms with van der Waals surface area (Å²) in [5, 5.41) is 7.27. The first-order valence-electron chi connectivity index (χ1n) is 8.70. The molecule has 0 aliphatic rings. The summed E-state index contributed by atoms with van der Waals surface area (Å²) in [6.07, 6.45) is 1.78. The zero-order chi connectivity index (χ0) is 21.1. The minimum Gasteiger partial charge on any atom is -0.406 e. The van der Waals surface area contributed by atoms with E-state index in [0.29, 0.717) is 22.8 Å². The number of halogens is 3. The molecule has 0 spiro atoms. The molecule has 0 aliphatic heterocycles. The molecule has 0 aliphatic carbocycles. The number of aromatic nitrogens is 5. The molecule has 0 saturated carbocycles. The third-order valence-corrected chi connectivity index (χ3v) is 3.88. The molecule has 4 aromatic rings. The highest BCUT2D eigenvalue weighted by Gasteiger charge is 2.30. The zero-order valence-corrected chi connectivity index (χ0v) is 15.5. The van der Waals surface area contributed by atoms with Crippen LogP contribution in [0.4, 0.5) is 30.6 Å². The summed E-state index contributed by atoms with van der Waals surface area (Å²) in [6.45, 7) is 1.81. The molecule has 3 heterocycles. The normalized spacial score (nSPS) is 11.9. The topological polar surface area (TPSA) is 89.6 Å². The van der Waals surface area contributed by atoms with Crippen molar-refractivity contribution in [2.45, 2.75) is 13.3 Å². The second kappa shape index (κ2) is 7.78. The van der Waals surface area contributed by atoms with Crippen LogP contribution in [-0.2, 0) is 0 Å². The number of hydrogen-bond acceptors (Lipinski definition) is 7. The van der Waals surface area contributed by atoms with E-state index in [0.717, 1.165) is 5.56 Å². The van der Waals surface area contributed by atoms with Gasteiger partial charge in [0.05, 0.1) is 0 Å². The average Bonchev–Trinajstić information content (AvgIpc) is 3.12. The van der Waals surface area contributed by atoms with E-state index in [-0.39, 0.29) is 11.7 Å². The molecule has 30 heavy (non-hydrogen) atoms. The van der Waals surface area contributed by atoms with E-state index in [4.69, 9.17) is 0 Å². The molecular formula is C19H14F3N7O. The van der Waals surface area contributed by atoms with Gasteiger partial charge < -0.3 is 10.1 Å². The number of pyridine rings is 1. The van der Waals surface area contributed by atoms with Crippen LogP contribution in [0.15, 0.2) is 60.0 Å². The quantitative estimate of drug-likeness (QED) is 0.483. The number of alkyl halides is 3. The molecule has 8 nitrogen and oxygen atoms in total. The van der Waals surface area contributed by atoms with E-state index < -0.39 is 6.36 Å². The van der Waals surface area contributed by atoms with Crippen molar-refractivity contribution in [1.29, 1.82) is 0 Å². The molecule has 1 N–H and O–H groups in total. The summed E-state index contributed by atoms with van der Waals surface area (Å²) in [5.41, 5.74) is 2.30. The number of hydrogen-bond donors (Lipinski definition) is 1. The molecule has 11 heteroatoms. The van der Waals surface area contributed by atoms with E-state index >= 15 is 0 Å². The highest BCUT2D eigenvalue weighted by Crippen LogP contribution is 2.26. The van der Waals surface area contributed by atoms with Gasteiger partial charge in [0.15, 0.2) is 11.5 Å². The Labute approximate surface area is 168 Å². The van der Waals surface area contributed by atoms with Gasteiger partial charge in [0.1, 0.15) is 11.4 Å². The Morgan fingerprint density at radius 2 is 1.90 bits per heavy atom. The molecular weight excluding hydrogens is 399 g/mol. The van der Waals surface area contributed by atoms with Crippen molar-refractivity contribution in [3.8, 4) is 17.0 Å². The zero-order valence-electron chi connectivity index (χ0n) is 15.5. The third kappa shape index (κ3) is 4.35. The Hall–Kier alpha value is -4.02. The Kier molecular flexibility index (Phi) is 5.00. The average molecular weight is 413 g/mol. The molecule has 0 amide bonds. The van der Waals surface area contributed by atoms with E-state index in [1.807, 2.05) is 6.07 Å². The maximum Gasteiger partial charge on any atom is 0.573 e. The summed E-state index contributed by atoms with van der Waals surface area (Å²) in [5.74, 6) is 0.523. The first-order valence-corrected chi connectivity index (χ1v) is 8.70. The molecule has 0 bridgehead atoms. The summed E-state index contributed by atoms with van der Waals surface area (Å²) in [7, 11) is 0. The molecule has 0 atom stereocenters. The Morgan fingerprint density at radius 1 is 1.10 bits per heavy atom. The van der Waals surface area contributed by atoms with Crippen LogP contribution in [0.2, 0.25) is 0 Å². The second-order valence-corrected chi connectivity index (χ2v) is 5.97. The largest absolute Gasteiger partial charge is 0.573 e. The van der Waals surface area contributed by atoms with Crippen molar-refractivity contribution < 1.29 is 17.9 Å². The van der Waals surface area contributed by atoms with E-state index in [1.54, 1.807) is 42.3 Å². The van der Waals surface area contributed by atoms with Crippen LogP contribution in [0.3, 0.4) is 0 Å². The van der Waals surface area contributed by atoms with Crippen molar-refractivity contribution in [2.75, 3.05) is 5.32 Å². The van der Waals surface area contributed by atoms with Crippen LogP contribution in [0.1, 0.15) is 6.92 Å². The molecule has 4 rings (SSSR count). The lowest BCUT2D eigenvalue weighted by atomic mass is 10.2. The Balaban J connectivity index is 1.59. The van der Waals surface area contributed by atoms with Crippen molar-refractivity contribution in [3.05, 3.63) is 55.0 Å². The fourth-order valence-electron chi connectivity index (χ4n) is 2.68. The monoisotopic (exact) mass is 413 g/mol. The van der Waals surface area contributed by atoms with Crippen molar-refractivity contribution >= 4 is 29.3 Å². The Bertz CT molecular complexity index is 1190. The van der Waals surface area contributed by atoms with Crippen molar-refractivity contribution in [1.82, 2.24) is 24.6 Å². The summed E-state index contributed by atoms with van der Waals surface area (Å²) >= 11 is 0. The number of aliphatic imine (C=N–C) groups is 1. The molecule has 152 valence electrons. The highest BCUT2D eigenvalue weighted by atomic mass is 19.4. The first kappa shape index (κ1) is 19.3. The predicted molar refractivity (Wildman–Crippen MR) is 104 cm³/mol. The summed E-state index contributed by atoms with van der Waals surface area (Å²) in [4.78, 5) is 17.2. The number of ether oxygens (including phenoxy) is 1.